The Morgan fingerprint density at radius 2 is 2.25 bits per heavy atom. The summed E-state index contributed by atoms with van der Waals surface area (Å²) in [6, 6.07) is 4.34. The maximum absolute atomic E-state index is 4.61. The molecule has 0 spiro atoms. The normalized spacial score (nSPS) is 12.9. The molecule has 3 heterocycles. The maximum atomic E-state index is 4.61. The van der Waals surface area contributed by atoms with E-state index in [0.717, 1.165) is 17.2 Å². The zero-order valence-corrected chi connectivity index (χ0v) is 12.7. The van der Waals surface area contributed by atoms with Crippen LogP contribution in [-0.4, -0.2) is 14.4 Å². The quantitative estimate of drug-likeness (QED) is 0.800. The Labute approximate surface area is 122 Å². The first-order valence-electron chi connectivity index (χ1n) is 6.72. The standard InChI is InChI=1S/C15H18N4S/c1-10-9-20-15-18-12(3)14(19(10)15)8-17-11(2)13-5-4-6-16-7-13/h4-7,9,11,17H,8H2,1-3H3/t11-/m1/s1. The zero-order valence-electron chi connectivity index (χ0n) is 11.9. The number of hydrogen-bond acceptors (Lipinski definition) is 4. The van der Waals surface area contributed by atoms with Gasteiger partial charge in [0.25, 0.3) is 0 Å². The number of nitrogens with zero attached hydrogens (tertiary/aromatic N) is 3. The molecule has 1 N–H and O–H groups in total. The van der Waals surface area contributed by atoms with Crippen molar-refractivity contribution >= 4 is 16.3 Å². The Bertz CT molecular complexity index is 714. The monoisotopic (exact) mass is 286 g/mol. The van der Waals surface area contributed by atoms with Crippen molar-refractivity contribution in [3.8, 4) is 0 Å². The molecule has 0 aliphatic rings. The molecule has 0 saturated carbocycles. The second kappa shape index (κ2) is 5.34. The van der Waals surface area contributed by atoms with Gasteiger partial charge in [-0.15, -0.1) is 11.3 Å². The van der Waals surface area contributed by atoms with Crippen molar-refractivity contribution in [2.45, 2.75) is 33.4 Å². The van der Waals surface area contributed by atoms with Crippen LogP contribution in [0.25, 0.3) is 4.96 Å². The summed E-state index contributed by atoms with van der Waals surface area (Å²) in [5.74, 6) is 0. The number of aryl methyl sites for hydroxylation is 2. The van der Waals surface area contributed by atoms with Gasteiger partial charge in [0.15, 0.2) is 4.96 Å². The van der Waals surface area contributed by atoms with E-state index in [9.17, 15) is 0 Å². The molecule has 0 bridgehead atoms. The van der Waals surface area contributed by atoms with Crippen LogP contribution in [0.2, 0.25) is 0 Å². The fourth-order valence-corrected chi connectivity index (χ4v) is 3.31. The van der Waals surface area contributed by atoms with Crippen LogP contribution < -0.4 is 5.32 Å². The molecule has 0 amide bonds. The average Bonchev–Trinajstić information content (AvgIpc) is 2.97. The molecular weight excluding hydrogens is 268 g/mol. The Morgan fingerprint density at radius 3 is 3.00 bits per heavy atom. The van der Waals surface area contributed by atoms with Crippen molar-refractivity contribution in [2.24, 2.45) is 0 Å². The molecule has 104 valence electrons. The Balaban J connectivity index is 1.80. The summed E-state index contributed by atoms with van der Waals surface area (Å²) in [7, 11) is 0. The van der Waals surface area contributed by atoms with E-state index in [1.807, 2.05) is 12.3 Å². The van der Waals surface area contributed by atoms with Gasteiger partial charge in [-0.3, -0.25) is 9.38 Å². The first-order chi connectivity index (χ1) is 9.66. The molecule has 0 unspecified atom stereocenters. The lowest BCUT2D eigenvalue weighted by molar-refractivity contribution is 0.562. The molecule has 1 atom stereocenters. The molecule has 20 heavy (non-hydrogen) atoms. The van der Waals surface area contributed by atoms with Gasteiger partial charge in [-0.1, -0.05) is 6.07 Å². The Hall–Kier alpha value is -1.72. The highest BCUT2D eigenvalue weighted by atomic mass is 32.1. The second-order valence-corrected chi connectivity index (χ2v) is 5.86. The number of pyridine rings is 1. The lowest BCUT2D eigenvalue weighted by Crippen LogP contribution is -2.19. The molecule has 0 aliphatic carbocycles. The topological polar surface area (TPSA) is 42.2 Å². The summed E-state index contributed by atoms with van der Waals surface area (Å²) in [5, 5.41) is 5.70. The number of thiazole rings is 1. The number of rotatable bonds is 4. The number of nitrogens with one attached hydrogen (secondary N) is 1. The first-order valence-corrected chi connectivity index (χ1v) is 7.60. The van der Waals surface area contributed by atoms with Gasteiger partial charge < -0.3 is 5.32 Å². The van der Waals surface area contributed by atoms with E-state index in [1.165, 1.54) is 17.0 Å². The van der Waals surface area contributed by atoms with Gasteiger partial charge in [-0.05, 0) is 32.4 Å². The summed E-state index contributed by atoms with van der Waals surface area (Å²) in [6.45, 7) is 7.16. The molecule has 5 heteroatoms. The predicted octanol–water partition coefficient (Wildman–Crippen LogP) is 3.26. The summed E-state index contributed by atoms with van der Waals surface area (Å²) >= 11 is 1.69. The molecule has 3 aromatic rings. The molecule has 0 aromatic carbocycles. The minimum atomic E-state index is 0.271. The number of imidazole rings is 1. The van der Waals surface area contributed by atoms with Crippen LogP contribution in [0.15, 0.2) is 29.9 Å². The Morgan fingerprint density at radius 1 is 1.40 bits per heavy atom. The van der Waals surface area contributed by atoms with Crippen LogP contribution in [0.3, 0.4) is 0 Å². The van der Waals surface area contributed by atoms with Crippen LogP contribution in [0.1, 0.15) is 35.6 Å². The molecule has 4 nitrogen and oxygen atoms in total. The van der Waals surface area contributed by atoms with E-state index in [-0.39, 0.29) is 6.04 Å². The van der Waals surface area contributed by atoms with Crippen LogP contribution in [0.5, 0.6) is 0 Å². The van der Waals surface area contributed by atoms with E-state index in [1.54, 1.807) is 17.5 Å². The summed E-state index contributed by atoms with van der Waals surface area (Å²) in [5.41, 5.74) is 4.80. The highest BCUT2D eigenvalue weighted by Gasteiger charge is 2.13. The summed E-state index contributed by atoms with van der Waals surface area (Å²) < 4.78 is 2.24. The third kappa shape index (κ3) is 2.34. The van der Waals surface area contributed by atoms with Crippen LogP contribution in [0, 0.1) is 13.8 Å². The van der Waals surface area contributed by atoms with Crippen molar-refractivity contribution in [2.75, 3.05) is 0 Å². The number of hydrogen-bond donors (Lipinski definition) is 1. The van der Waals surface area contributed by atoms with Crippen molar-refractivity contribution in [3.63, 3.8) is 0 Å². The van der Waals surface area contributed by atoms with Crippen molar-refractivity contribution in [1.29, 1.82) is 0 Å². The predicted molar refractivity (Wildman–Crippen MR) is 82.0 cm³/mol. The van der Waals surface area contributed by atoms with E-state index >= 15 is 0 Å². The van der Waals surface area contributed by atoms with Crippen LogP contribution >= 0.6 is 11.3 Å². The van der Waals surface area contributed by atoms with Gasteiger partial charge in [0.1, 0.15) is 0 Å². The van der Waals surface area contributed by atoms with Crippen LogP contribution in [0.4, 0.5) is 0 Å². The number of fused-ring (bicyclic) bond motifs is 1. The van der Waals surface area contributed by atoms with Gasteiger partial charge in [-0.25, -0.2) is 4.98 Å². The number of aromatic nitrogens is 3. The molecule has 0 aliphatic heterocycles. The minimum absolute atomic E-state index is 0.271. The van der Waals surface area contributed by atoms with E-state index in [0.29, 0.717) is 0 Å². The SMILES string of the molecule is Cc1nc2scc(C)n2c1CN[C@H](C)c1cccnc1. The molecule has 0 saturated heterocycles. The highest BCUT2D eigenvalue weighted by molar-refractivity contribution is 7.15. The van der Waals surface area contributed by atoms with Crippen molar-refractivity contribution in [3.05, 3.63) is 52.6 Å². The average molecular weight is 286 g/mol. The van der Waals surface area contributed by atoms with Gasteiger partial charge in [0.2, 0.25) is 0 Å². The lowest BCUT2D eigenvalue weighted by atomic mass is 10.1. The summed E-state index contributed by atoms with van der Waals surface area (Å²) in [4.78, 5) is 9.86. The van der Waals surface area contributed by atoms with E-state index in [2.05, 4.69) is 51.9 Å². The Kier molecular flexibility index (Phi) is 3.54. The van der Waals surface area contributed by atoms with Crippen molar-refractivity contribution < 1.29 is 0 Å². The van der Waals surface area contributed by atoms with Gasteiger partial charge in [0.05, 0.1) is 11.4 Å². The van der Waals surface area contributed by atoms with Crippen molar-refractivity contribution in [1.82, 2.24) is 19.7 Å². The minimum Gasteiger partial charge on any atom is -0.305 e. The summed E-state index contributed by atoms with van der Waals surface area (Å²) in [6.07, 6.45) is 3.71. The smallest absolute Gasteiger partial charge is 0.194 e. The van der Waals surface area contributed by atoms with Gasteiger partial charge in [0, 0.05) is 36.1 Å². The largest absolute Gasteiger partial charge is 0.305 e. The second-order valence-electron chi connectivity index (χ2n) is 5.03. The molecule has 0 fully saturated rings. The maximum Gasteiger partial charge on any atom is 0.194 e. The zero-order chi connectivity index (χ0) is 14.1. The van der Waals surface area contributed by atoms with E-state index in [4.69, 9.17) is 0 Å². The third-order valence-electron chi connectivity index (χ3n) is 3.59. The highest BCUT2D eigenvalue weighted by Crippen LogP contribution is 2.21. The fourth-order valence-electron chi connectivity index (χ4n) is 2.38. The lowest BCUT2D eigenvalue weighted by Gasteiger charge is -2.14. The first kappa shape index (κ1) is 13.3. The molecule has 3 aromatic heterocycles. The molecule has 0 radical (unpaired) electrons. The third-order valence-corrected chi connectivity index (χ3v) is 4.53. The van der Waals surface area contributed by atoms with E-state index < -0.39 is 0 Å². The molecular formula is C15H18N4S. The fraction of sp³-hybridized carbons (Fsp3) is 0.333. The van der Waals surface area contributed by atoms with Crippen LogP contribution in [-0.2, 0) is 6.54 Å². The molecule has 3 rings (SSSR count). The van der Waals surface area contributed by atoms with Gasteiger partial charge in [-0.2, -0.15) is 0 Å². The van der Waals surface area contributed by atoms with Gasteiger partial charge >= 0.3 is 0 Å².